The van der Waals surface area contributed by atoms with Gasteiger partial charge in [0.2, 0.25) is 10.0 Å². The Bertz CT molecular complexity index is 899. The van der Waals surface area contributed by atoms with Crippen LogP contribution < -0.4 is 0 Å². The summed E-state index contributed by atoms with van der Waals surface area (Å²) in [6.45, 7) is 5.57. The minimum Gasteiger partial charge on any atom is -0.393 e. The van der Waals surface area contributed by atoms with Crippen LogP contribution in [0, 0.1) is 12.8 Å². The third-order valence-electron chi connectivity index (χ3n) is 5.53. The second-order valence-corrected chi connectivity index (χ2v) is 9.45. The molecular weight excluding hydrogens is 390 g/mol. The molecule has 1 aliphatic rings. The lowest BCUT2D eigenvalue weighted by molar-refractivity contribution is -0.0872. The minimum atomic E-state index is -3.87. The van der Waals surface area contributed by atoms with Gasteiger partial charge >= 0.3 is 0 Å². The van der Waals surface area contributed by atoms with Gasteiger partial charge < -0.3 is 14.9 Å². The minimum absolute atomic E-state index is 0.176. The lowest BCUT2D eigenvalue weighted by Crippen LogP contribution is -2.49. The molecule has 2 aromatic rings. The molecule has 1 aliphatic heterocycles. The molecule has 0 saturated carbocycles. The summed E-state index contributed by atoms with van der Waals surface area (Å²) in [7, 11) is -3.87. The first-order valence-corrected chi connectivity index (χ1v) is 11.3. The van der Waals surface area contributed by atoms with Crippen LogP contribution in [0.2, 0.25) is 0 Å². The molecule has 0 radical (unpaired) electrons. The smallest absolute Gasteiger partial charge is 0.245 e. The van der Waals surface area contributed by atoms with Crippen LogP contribution in [0.15, 0.2) is 59.5 Å². The van der Waals surface area contributed by atoms with Crippen molar-refractivity contribution in [3.63, 3.8) is 0 Å². The summed E-state index contributed by atoms with van der Waals surface area (Å²) in [5.41, 5.74) is 1.57. The van der Waals surface area contributed by atoms with E-state index >= 15 is 0 Å². The molecule has 6 nitrogen and oxygen atoms in total. The normalized spacial score (nSPS) is 23.6. The Balaban J connectivity index is 2.02. The van der Waals surface area contributed by atoms with Gasteiger partial charge in [0.25, 0.3) is 0 Å². The Hall–Kier alpha value is -1.77. The van der Waals surface area contributed by atoms with Crippen LogP contribution in [-0.2, 0) is 14.8 Å². The van der Waals surface area contributed by atoms with Gasteiger partial charge in [-0.1, -0.05) is 55.0 Å². The Morgan fingerprint density at radius 2 is 1.72 bits per heavy atom. The van der Waals surface area contributed by atoms with Crippen molar-refractivity contribution in [1.29, 1.82) is 0 Å². The van der Waals surface area contributed by atoms with Crippen LogP contribution in [0.4, 0.5) is 0 Å². The van der Waals surface area contributed by atoms with E-state index in [0.29, 0.717) is 12.0 Å². The van der Waals surface area contributed by atoms with Crippen molar-refractivity contribution >= 4 is 10.0 Å². The molecule has 3 rings (SSSR count). The summed E-state index contributed by atoms with van der Waals surface area (Å²) in [6, 6.07) is 15.2. The van der Waals surface area contributed by atoms with Crippen LogP contribution in [0.1, 0.15) is 37.5 Å². The van der Waals surface area contributed by atoms with Crippen LogP contribution in [0.3, 0.4) is 0 Å². The van der Waals surface area contributed by atoms with Crippen molar-refractivity contribution in [3.8, 4) is 0 Å². The molecule has 0 spiro atoms. The molecule has 7 heteroatoms. The first-order chi connectivity index (χ1) is 13.8. The number of hydrogen-bond acceptors (Lipinski definition) is 5. The second-order valence-electron chi connectivity index (χ2n) is 7.61. The van der Waals surface area contributed by atoms with E-state index in [1.807, 2.05) is 19.9 Å². The SMILES string of the molecule is CC[C@@H]1CO[C@H]([C@@H]([C@H](C)O)[C@H](O)c2ccccc2)N1S(=O)(=O)c1ccc(C)cc1. The van der Waals surface area contributed by atoms with E-state index in [1.54, 1.807) is 55.5 Å². The molecule has 0 amide bonds. The first-order valence-electron chi connectivity index (χ1n) is 9.90. The van der Waals surface area contributed by atoms with Crippen LogP contribution in [-0.4, -0.2) is 47.9 Å². The highest BCUT2D eigenvalue weighted by Gasteiger charge is 2.49. The third-order valence-corrected chi connectivity index (χ3v) is 7.46. The van der Waals surface area contributed by atoms with Gasteiger partial charge in [0.1, 0.15) is 6.23 Å². The largest absolute Gasteiger partial charge is 0.393 e. The van der Waals surface area contributed by atoms with Crippen molar-refractivity contribution in [2.45, 2.75) is 56.6 Å². The monoisotopic (exact) mass is 419 g/mol. The third kappa shape index (κ3) is 4.39. The number of ether oxygens (including phenoxy) is 1. The van der Waals surface area contributed by atoms with E-state index in [9.17, 15) is 18.6 Å². The summed E-state index contributed by atoms with van der Waals surface area (Å²) in [5, 5.41) is 21.5. The molecule has 1 fully saturated rings. The van der Waals surface area contributed by atoms with E-state index in [-0.39, 0.29) is 17.5 Å². The standard InChI is InChI=1S/C22H29NO5S/c1-4-18-14-28-22(20(16(3)24)21(25)17-8-6-5-7-9-17)23(18)29(26,27)19-12-10-15(2)11-13-19/h5-13,16,18,20-22,24-25H,4,14H2,1-3H3/t16-,18+,20-,21+,22+/m0/s1. The number of hydrogen-bond donors (Lipinski definition) is 2. The Labute approximate surface area is 172 Å². The van der Waals surface area contributed by atoms with Gasteiger partial charge in [0.15, 0.2) is 0 Å². The number of benzene rings is 2. The van der Waals surface area contributed by atoms with Gasteiger partial charge in [-0.25, -0.2) is 8.42 Å². The Morgan fingerprint density at radius 1 is 1.10 bits per heavy atom. The zero-order valence-electron chi connectivity index (χ0n) is 17.0. The van der Waals surface area contributed by atoms with Crippen molar-refractivity contribution in [2.75, 3.05) is 6.61 Å². The Morgan fingerprint density at radius 3 is 2.28 bits per heavy atom. The average molecular weight is 420 g/mol. The molecular formula is C22H29NO5S. The number of sulfonamides is 1. The molecule has 0 aromatic heterocycles. The molecule has 0 aliphatic carbocycles. The van der Waals surface area contributed by atoms with E-state index in [1.165, 1.54) is 4.31 Å². The second kappa shape index (κ2) is 8.93. The van der Waals surface area contributed by atoms with Crippen molar-refractivity contribution in [1.82, 2.24) is 4.31 Å². The van der Waals surface area contributed by atoms with Gasteiger partial charge in [0.05, 0.1) is 35.7 Å². The van der Waals surface area contributed by atoms with Crippen molar-refractivity contribution in [3.05, 3.63) is 65.7 Å². The average Bonchev–Trinajstić information content (AvgIpc) is 3.13. The molecule has 2 N–H and O–H groups in total. The van der Waals surface area contributed by atoms with E-state index in [4.69, 9.17) is 4.74 Å². The van der Waals surface area contributed by atoms with Gasteiger partial charge in [-0.2, -0.15) is 4.31 Å². The lowest BCUT2D eigenvalue weighted by Gasteiger charge is -2.36. The Kier molecular flexibility index (Phi) is 6.76. The predicted octanol–water partition coefficient (Wildman–Crippen LogP) is 2.85. The van der Waals surface area contributed by atoms with Crippen LogP contribution >= 0.6 is 0 Å². The molecule has 1 heterocycles. The molecule has 29 heavy (non-hydrogen) atoms. The maximum absolute atomic E-state index is 13.5. The fraction of sp³-hybridized carbons (Fsp3) is 0.455. The van der Waals surface area contributed by atoms with Gasteiger partial charge in [-0.3, -0.25) is 0 Å². The van der Waals surface area contributed by atoms with Crippen LogP contribution in [0.25, 0.3) is 0 Å². The zero-order chi connectivity index (χ0) is 21.2. The molecule has 5 atom stereocenters. The molecule has 1 saturated heterocycles. The number of aliphatic hydroxyl groups is 2. The maximum Gasteiger partial charge on any atom is 0.245 e. The van der Waals surface area contributed by atoms with E-state index < -0.39 is 34.4 Å². The van der Waals surface area contributed by atoms with E-state index in [0.717, 1.165) is 5.56 Å². The summed E-state index contributed by atoms with van der Waals surface area (Å²) >= 11 is 0. The predicted molar refractivity (Wildman–Crippen MR) is 111 cm³/mol. The van der Waals surface area contributed by atoms with Crippen molar-refractivity contribution < 1.29 is 23.4 Å². The molecule has 158 valence electrons. The highest BCUT2D eigenvalue weighted by molar-refractivity contribution is 7.89. The molecule has 0 unspecified atom stereocenters. The number of nitrogens with zero attached hydrogens (tertiary/aromatic N) is 1. The summed E-state index contributed by atoms with van der Waals surface area (Å²) in [5.74, 6) is -0.839. The highest BCUT2D eigenvalue weighted by atomic mass is 32.2. The fourth-order valence-corrected chi connectivity index (χ4v) is 5.64. The van der Waals surface area contributed by atoms with Gasteiger partial charge in [-0.05, 0) is 38.0 Å². The van der Waals surface area contributed by atoms with Gasteiger partial charge in [-0.15, -0.1) is 0 Å². The van der Waals surface area contributed by atoms with Crippen molar-refractivity contribution in [2.24, 2.45) is 5.92 Å². The zero-order valence-corrected chi connectivity index (χ0v) is 17.8. The lowest BCUT2D eigenvalue weighted by atomic mass is 9.90. The first kappa shape index (κ1) is 21.9. The molecule has 2 aromatic carbocycles. The summed E-state index contributed by atoms with van der Waals surface area (Å²) in [4.78, 5) is 0.176. The molecule has 0 bridgehead atoms. The quantitative estimate of drug-likeness (QED) is 0.721. The van der Waals surface area contributed by atoms with E-state index in [2.05, 4.69) is 0 Å². The number of rotatable bonds is 7. The van der Waals surface area contributed by atoms with Gasteiger partial charge in [0, 0.05) is 0 Å². The highest BCUT2D eigenvalue weighted by Crippen LogP contribution is 2.38. The topological polar surface area (TPSA) is 87.1 Å². The number of aliphatic hydroxyl groups excluding tert-OH is 2. The summed E-state index contributed by atoms with van der Waals surface area (Å²) in [6.07, 6.45) is -2.47. The maximum atomic E-state index is 13.5. The summed E-state index contributed by atoms with van der Waals surface area (Å²) < 4.78 is 34.2. The fourth-order valence-electron chi connectivity index (χ4n) is 3.84. The number of aryl methyl sites for hydroxylation is 1. The van der Waals surface area contributed by atoms with Crippen LogP contribution in [0.5, 0.6) is 0 Å².